The number of aryl methyl sites for hydroxylation is 1. The van der Waals surface area contributed by atoms with E-state index in [1.165, 1.54) is 0 Å². The van der Waals surface area contributed by atoms with Gasteiger partial charge in [-0.05, 0) is 83.7 Å². The van der Waals surface area contributed by atoms with Gasteiger partial charge in [0.15, 0.2) is 5.13 Å². The van der Waals surface area contributed by atoms with Gasteiger partial charge in [-0.2, -0.15) is 0 Å². The minimum Gasteiger partial charge on any atom is -0.491 e. The number of amides is 1. The Kier molecular flexibility index (Phi) is 6.87. The van der Waals surface area contributed by atoms with Crippen molar-refractivity contribution in [2.75, 3.05) is 32.1 Å². The van der Waals surface area contributed by atoms with Gasteiger partial charge in [-0.1, -0.05) is 23.5 Å². The molecule has 0 saturated heterocycles. The third-order valence-electron chi connectivity index (χ3n) is 4.55. The fraction of sp³-hybridized carbons (Fsp3) is 0.391. The molecule has 3 rings (SSSR count). The van der Waals surface area contributed by atoms with Gasteiger partial charge in [0.05, 0.1) is 16.3 Å². The molecule has 1 amide bonds. The van der Waals surface area contributed by atoms with Crippen LogP contribution in [0.5, 0.6) is 5.75 Å². The van der Waals surface area contributed by atoms with E-state index >= 15 is 0 Å². The van der Waals surface area contributed by atoms with E-state index in [2.05, 4.69) is 24.0 Å². The van der Waals surface area contributed by atoms with E-state index in [-0.39, 0.29) is 12.0 Å². The molecule has 1 aromatic heterocycles. The number of hydrogen-bond donors (Lipinski definition) is 0. The predicted molar refractivity (Wildman–Crippen MR) is 121 cm³/mol. The summed E-state index contributed by atoms with van der Waals surface area (Å²) in [5.74, 6) is 0.739. The average Bonchev–Trinajstić information content (AvgIpc) is 3.10. The molecule has 6 heteroatoms. The number of anilines is 1. The molecular weight excluding hydrogens is 382 g/mol. The normalized spacial score (nSPS) is 11.4. The van der Waals surface area contributed by atoms with Crippen LogP contribution in [0, 0.1) is 6.92 Å². The molecule has 1 heterocycles. The van der Waals surface area contributed by atoms with Crippen LogP contribution in [0.1, 0.15) is 36.2 Å². The molecule has 5 nitrogen and oxygen atoms in total. The summed E-state index contributed by atoms with van der Waals surface area (Å²) in [7, 11) is 4.08. The van der Waals surface area contributed by atoms with Crippen molar-refractivity contribution in [3.05, 3.63) is 53.6 Å². The summed E-state index contributed by atoms with van der Waals surface area (Å²) in [6.45, 7) is 7.56. The number of benzene rings is 2. The lowest BCUT2D eigenvalue weighted by molar-refractivity contribution is 0.0986. The van der Waals surface area contributed by atoms with Gasteiger partial charge < -0.3 is 9.64 Å². The van der Waals surface area contributed by atoms with Crippen LogP contribution in [-0.2, 0) is 0 Å². The molecule has 0 bridgehead atoms. The van der Waals surface area contributed by atoms with E-state index in [1.54, 1.807) is 11.3 Å². The molecule has 0 N–H and O–H groups in total. The highest BCUT2D eigenvalue weighted by Gasteiger charge is 2.21. The fourth-order valence-electron chi connectivity index (χ4n) is 3.12. The Bertz CT molecular complexity index is 964. The molecule has 0 saturated carbocycles. The number of carbonyl (C=O) groups is 1. The number of carbonyl (C=O) groups excluding carboxylic acids is 1. The zero-order valence-electron chi connectivity index (χ0n) is 17.8. The molecule has 3 aromatic rings. The Morgan fingerprint density at radius 1 is 1.10 bits per heavy atom. The van der Waals surface area contributed by atoms with Crippen LogP contribution in [0.25, 0.3) is 10.2 Å². The van der Waals surface area contributed by atoms with E-state index in [1.807, 2.05) is 63.2 Å². The van der Waals surface area contributed by atoms with Gasteiger partial charge >= 0.3 is 0 Å². The lowest BCUT2D eigenvalue weighted by Gasteiger charge is -2.21. The molecule has 0 spiro atoms. The summed E-state index contributed by atoms with van der Waals surface area (Å²) in [6, 6.07) is 13.5. The van der Waals surface area contributed by atoms with Gasteiger partial charge in [0, 0.05) is 12.1 Å². The monoisotopic (exact) mass is 411 g/mol. The second kappa shape index (κ2) is 9.37. The number of nitrogens with zero attached hydrogens (tertiary/aromatic N) is 3. The molecule has 0 unspecified atom stereocenters. The number of hydrogen-bond acceptors (Lipinski definition) is 5. The van der Waals surface area contributed by atoms with E-state index in [0.717, 1.165) is 39.6 Å². The van der Waals surface area contributed by atoms with Crippen LogP contribution < -0.4 is 9.64 Å². The number of para-hydroxylation sites is 1. The highest BCUT2D eigenvalue weighted by molar-refractivity contribution is 7.22. The van der Waals surface area contributed by atoms with Gasteiger partial charge in [0.25, 0.3) is 5.91 Å². The second-order valence-corrected chi connectivity index (χ2v) is 8.73. The highest BCUT2D eigenvalue weighted by atomic mass is 32.1. The highest BCUT2D eigenvalue weighted by Crippen LogP contribution is 2.31. The number of thiazole rings is 1. The molecule has 0 aliphatic rings. The average molecular weight is 412 g/mol. The summed E-state index contributed by atoms with van der Waals surface area (Å²) in [5.41, 5.74) is 2.74. The van der Waals surface area contributed by atoms with Crippen LogP contribution >= 0.6 is 11.3 Å². The van der Waals surface area contributed by atoms with Gasteiger partial charge in [-0.3, -0.25) is 9.69 Å². The lowest BCUT2D eigenvalue weighted by atomic mass is 10.2. The summed E-state index contributed by atoms with van der Waals surface area (Å²) >= 11 is 1.57. The molecule has 0 fully saturated rings. The van der Waals surface area contributed by atoms with Gasteiger partial charge in [-0.25, -0.2) is 4.98 Å². The maximum absolute atomic E-state index is 13.4. The second-order valence-electron chi connectivity index (χ2n) is 7.72. The Labute approximate surface area is 176 Å². The van der Waals surface area contributed by atoms with Crippen LogP contribution in [0.4, 0.5) is 5.13 Å². The molecule has 0 atom stereocenters. The summed E-state index contributed by atoms with van der Waals surface area (Å²) < 4.78 is 6.80. The molecule has 0 aliphatic carbocycles. The molecule has 0 aliphatic heterocycles. The van der Waals surface area contributed by atoms with Crippen molar-refractivity contribution in [1.29, 1.82) is 0 Å². The third kappa shape index (κ3) is 5.34. The topological polar surface area (TPSA) is 45.7 Å². The molecular formula is C23H29N3O2S. The number of aromatic nitrogens is 1. The summed E-state index contributed by atoms with van der Waals surface area (Å²) in [5, 5.41) is 0.751. The molecule has 0 radical (unpaired) electrons. The zero-order chi connectivity index (χ0) is 21.0. The van der Waals surface area contributed by atoms with Crippen LogP contribution in [0.2, 0.25) is 0 Å². The molecule has 2 aromatic carbocycles. The lowest BCUT2D eigenvalue weighted by Crippen LogP contribution is -2.33. The first-order valence-corrected chi connectivity index (χ1v) is 10.8. The maximum Gasteiger partial charge on any atom is 0.260 e. The van der Waals surface area contributed by atoms with Gasteiger partial charge in [-0.15, -0.1) is 0 Å². The minimum absolute atomic E-state index is 0.0310. The Morgan fingerprint density at radius 3 is 2.45 bits per heavy atom. The van der Waals surface area contributed by atoms with Crippen LogP contribution in [0.15, 0.2) is 42.5 Å². The van der Waals surface area contributed by atoms with Crippen molar-refractivity contribution in [3.8, 4) is 5.75 Å². The number of ether oxygens (including phenoxy) is 1. The van der Waals surface area contributed by atoms with E-state index in [4.69, 9.17) is 9.72 Å². The van der Waals surface area contributed by atoms with Crippen molar-refractivity contribution in [3.63, 3.8) is 0 Å². The van der Waals surface area contributed by atoms with Gasteiger partial charge in [0.1, 0.15) is 5.75 Å². The Balaban J connectivity index is 1.89. The van der Waals surface area contributed by atoms with Crippen molar-refractivity contribution in [1.82, 2.24) is 9.88 Å². The standard InChI is InChI=1S/C23H29N3O2S/c1-16(2)28-19-12-10-18(11-13-19)22(27)26(15-7-14-25(4)5)23-24-21-17(3)8-6-9-20(21)29-23/h6,8-13,16H,7,14-15H2,1-5H3. The predicted octanol–water partition coefficient (Wildman–Crippen LogP) is 4.99. The third-order valence-corrected chi connectivity index (χ3v) is 5.59. The number of rotatable bonds is 8. The number of fused-ring (bicyclic) bond motifs is 1. The smallest absolute Gasteiger partial charge is 0.260 e. The van der Waals surface area contributed by atoms with E-state index < -0.39 is 0 Å². The minimum atomic E-state index is -0.0310. The fourth-order valence-corrected chi connectivity index (χ4v) is 4.19. The molecule has 29 heavy (non-hydrogen) atoms. The van der Waals surface area contributed by atoms with Gasteiger partial charge in [0.2, 0.25) is 0 Å². The van der Waals surface area contributed by atoms with Crippen LogP contribution in [0.3, 0.4) is 0 Å². The van der Waals surface area contributed by atoms with Crippen molar-refractivity contribution in [2.45, 2.75) is 33.3 Å². The van der Waals surface area contributed by atoms with Crippen molar-refractivity contribution in [2.24, 2.45) is 0 Å². The summed E-state index contributed by atoms with van der Waals surface area (Å²) in [4.78, 5) is 22.1. The molecule has 154 valence electrons. The van der Waals surface area contributed by atoms with Crippen molar-refractivity contribution >= 4 is 32.6 Å². The Morgan fingerprint density at radius 2 is 1.83 bits per heavy atom. The van der Waals surface area contributed by atoms with Crippen LogP contribution in [-0.4, -0.2) is 49.1 Å². The van der Waals surface area contributed by atoms with Crippen molar-refractivity contribution < 1.29 is 9.53 Å². The quantitative estimate of drug-likeness (QED) is 0.524. The van der Waals surface area contributed by atoms with E-state index in [0.29, 0.717) is 12.1 Å². The summed E-state index contributed by atoms with van der Waals surface area (Å²) in [6.07, 6.45) is 0.979. The largest absolute Gasteiger partial charge is 0.491 e. The Hall–Kier alpha value is -2.44. The first-order valence-electron chi connectivity index (χ1n) is 9.94. The first-order chi connectivity index (χ1) is 13.8. The van der Waals surface area contributed by atoms with E-state index in [9.17, 15) is 4.79 Å². The maximum atomic E-state index is 13.4. The first kappa shape index (κ1) is 21.3. The zero-order valence-corrected chi connectivity index (χ0v) is 18.6. The SMILES string of the molecule is Cc1cccc2sc(N(CCCN(C)C)C(=O)c3ccc(OC(C)C)cc3)nc12.